The number of nitrogen functional groups attached to an aromatic ring is 1. The van der Waals surface area contributed by atoms with Gasteiger partial charge in [0, 0.05) is 12.2 Å². The van der Waals surface area contributed by atoms with Gasteiger partial charge in [-0.1, -0.05) is 12.1 Å². The summed E-state index contributed by atoms with van der Waals surface area (Å²) in [6.45, 7) is 6.28. The monoisotopic (exact) mass is 220 g/mol. The number of amides is 1. The van der Waals surface area contributed by atoms with Crippen molar-refractivity contribution in [2.24, 2.45) is 0 Å². The lowest BCUT2D eigenvalue weighted by molar-refractivity contribution is 0.0955. The van der Waals surface area contributed by atoms with E-state index in [1.807, 2.05) is 6.92 Å². The van der Waals surface area contributed by atoms with Crippen molar-refractivity contribution in [2.75, 3.05) is 18.9 Å². The summed E-state index contributed by atoms with van der Waals surface area (Å²) in [6.07, 6.45) is 1.61. The number of ether oxygens (including phenoxy) is 1. The van der Waals surface area contributed by atoms with Crippen molar-refractivity contribution >= 4 is 11.6 Å². The fraction of sp³-hybridized carbons (Fsp3) is 0.250. The van der Waals surface area contributed by atoms with Crippen LogP contribution in [0.5, 0.6) is 5.75 Å². The van der Waals surface area contributed by atoms with Crippen LogP contribution in [-0.2, 0) is 0 Å². The largest absolute Gasteiger partial charge is 0.493 e. The second kappa shape index (κ2) is 5.80. The Morgan fingerprint density at radius 3 is 3.00 bits per heavy atom. The molecule has 4 heteroatoms. The molecule has 0 aliphatic heterocycles. The van der Waals surface area contributed by atoms with Gasteiger partial charge in [0.25, 0.3) is 5.91 Å². The molecule has 3 N–H and O–H groups in total. The molecule has 0 aliphatic rings. The fourth-order valence-corrected chi connectivity index (χ4v) is 1.32. The van der Waals surface area contributed by atoms with Crippen molar-refractivity contribution in [1.29, 1.82) is 0 Å². The quantitative estimate of drug-likeness (QED) is 0.585. The topological polar surface area (TPSA) is 64.4 Å². The second-order valence-corrected chi connectivity index (χ2v) is 3.15. The van der Waals surface area contributed by atoms with Crippen LogP contribution in [0.15, 0.2) is 30.9 Å². The van der Waals surface area contributed by atoms with E-state index in [0.29, 0.717) is 30.2 Å². The van der Waals surface area contributed by atoms with E-state index in [4.69, 9.17) is 10.5 Å². The van der Waals surface area contributed by atoms with Crippen LogP contribution in [0.4, 0.5) is 5.69 Å². The average molecular weight is 220 g/mol. The number of nitrogens with one attached hydrogen (secondary N) is 1. The van der Waals surface area contributed by atoms with Gasteiger partial charge in [0.05, 0.1) is 6.61 Å². The first-order valence-corrected chi connectivity index (χ1v) is 5.11. The molecule has 0 aromatic heterocycles. The Bertz CT molecular complexity index is 389. The molecular formula is C12H16N2O2. The smallest absolute Gasteiger partial charge is 0.257 e. The third-order valence-corrected chi connectivity index (χ3v) is 1.99. The van der Waals surface area contributed by atoms with Gasteiger partial charge in [-0.05, 0) is 19.1 Å². The SMILES string of the molecule is C=CCNC(=O)c1c(N)cccc1OCC. The summed E-state index contributed by atoms with van der Waals surface area (Å²) in [7, 11) is 0. The van der Waals surface area contributed by atoms with Gasteiger partial charge in [-0.15, -0.1) is 6.58 Å². The minimum atomic E-state index is -0.249. The lowest BCUT2D eigenvalue weighted by Crippen LogP contribution is -2.25. The zero-order valence-corrected chi connectivity index (χ0v) is 9.32. The zero-order valence-electron chi connectivity index (χ0n) is 9.32. The normalized spacial score (nSPS) is 9.56. The molecule has 1 rings (SSSR count). The minimum Gasteiger partial charge on any atom is -0.493 e. The van der Waals surface area contributed by atoms with E-state index >= 15 is 0 Å². The lowest BCUT2D eigenvalue weighted by atomic mass is 10.1. The van der Waals surface area contributed by atoms with E-state index in [0.717, 1.165) is 0 Å². The Labute approximate surface area is 95.1 Å². The van der Waals surface area contributed by atoms with Gasteiger partial charge in [0.2, 0.25) is 0 Å². The van der Waals surface area contributed by atoms with Gasteiger partial charge < -0.3 is 15.8 Å². The van der Waals surface area contributed by atoms with E-state index < -0.39 is 0 Å². The number of anilines is 1. The molecule has 0 fully saturated rings. The van der Waals surface area contributed by atoms with Crippen molar-refractivity contribution in [2.45, 2.75) is 6.92 Å². The van der Waals surface area contributed by atoms with Crippen molar-refractivity contribution in [3.63, 3.8) is 0 Å². The predicted octanol–water partition coefficient (Wildman–Crippen LogP) is 1.58. The second-order valence-electron chi connectivity index (χ2n) is 3.15. The highest BCUT2D eigenvalue weighted by Crippen LogP contribution is 2.24. The van der Waals surface area contributed by atoms with E-state index in [2.05, 4.69) is 11.9 Å². The molecule has 0 saturated heterocycles. The maximum Gasteiger partial charge on any atom is 0.257 e. The van der Waals surface area contributed by atoms with Crippen LogP contribution >= 0.6 is 0 Å². The molecule has 1 aromatic rings. The maximum atomic E-state index is 11.8. The summed E-state index contributed by atoms with van der Waals surface area (Å²) in [4.78, 5) is 11.8. The number of hydrogen-bond acceptors (Lipinski definition) is 3. The minimum absolute atomic E-state index is 0.249. The van der Waals surface area contributed by atoms with Crippen molar-refractivity contribution < 1.29 is 9.53 Å². The Hall–Kier alpha value is -1.97. The Morgan fingerprint density at radius 2 is 2.38 bits per heavy atom. The van der Waals surface area contributed by atoms with E-state index in [1.165, 1.54) is 0 Å². The predicted molar refractivity (Wildman–Crippen MR) is 64.6 cm³/mol. The first-order chi connectivity index (χ1) is 7.70. The van der Waals surface area contributed by atoms with Crippen molar-refractivity contribution in [3.8, 4) is 5.75 Å². The average Bonchev–Trinajstić information content (AvgIpc) is 2.26. The number of nitrogens with two attached hydrogens (primary N) is 1. The highest BCUT2D eigenvalue weighted by molar-refractivity contribution is 6.01. The van der Waals surface area contributed by atoms with Crippen molar-refractivity contribution in [1.82, 2.24) is 5.32 Å². The molecule has 0 saturated carbocycles. The molecule has 0 atom stereocenters. The third-order valence-electron chi connectivity index (χ3n) is 1.99. The number of rotatable bonds is 5. The van der Waals surface area contributed by atoms with Crippen LogP contribution in [0.1, 0.15) is 17.3 Å². The van der Waals surface area contributed by atoms with Gasteiger partial charge in [0.15, 0.2) is 0 Å². The summed E-state index contributed by atoms with van der Waals surface area (Å²) in [6, 6.07) is 5.15. The molecule has 0 radical (unpaired) electrons. The van der Waals surface area contributed by atoms with E-state index in [1.54, 1.807) is 24.3 Å². The summed E-state index contributed by atoms with van der Waals surface area (Å²) < 4.78 is 5.35. The molecule has 0 spiro atoms. The molecule has 0 bridgehead atoms. The van der Waals surface area contributed by atoms with Crippen LogP contribution < -0.4 is 15.8 Å². The van der Waals surface area contributed by atoms with Gasteiger partial charge in [-0.2, -0.15) is 0 Å². The molecule has 4 nitrogen and oxygen atoms in total. The van der Waals surface area contributed by atoms with Crippen LogP contribution in [0.3, 0.4) is 0 Å². The van der Waals surface area contributed by atoms with Crippen molar-refractivity contribution in [3.05, 3.63) is 36.4 Å². The fourth-order valence-electron chi connectivity index (χ4n) is 1.32. The standard InChI is InChI=1S/C12H16N2O2/c1-3-8-14-12(15)11-9(13)6-5-7-10(11)16-4-2/h3,5-7H,1,4,8,13H2,2H3,(H,14,15). The number of carbonyl (C=O) groups excluding carboxylic acids is 1. The first-order valence-electron chi connectivity index (χ1n) is 5.11. The number of benzene rings is 1. The molecule has 16 heavy (non-hydrogen) atoms. The highest BCUT2D eigenvalue weighted by atomic mass is 16.5. The summed E-state index contributed by atoms with van der Waals surface area (Å²) in [5.74, 6) is 0.255. The highest BCUT2D eigenvalue weighted by Gasteiger charge is 2.14. The van der Waals surface area contributed by atoms with Gasteiger partial charge in [-0.25, -0.2) is 0 Å². The van der Waals surface area contributed by atoms with Crippen LogP contribution in [0.2, 0.25) is 0 Å². The van der Waals surface area contributed by atoms with Crippen LogP contribution in [-0.4, -0.2) is 19.1 Å². The molecule has 1 amide bonds. The van der Waals surface area contributed by atoms with E-state index in [9.17, 15) is 4.79 Å². The van der Waals surface area contributed by atoms with Gasteiger partial charge in [-0.3, -0.25) is 4.79 Å². The Kier molecular flexibility index (Phi) is 4.39. The first kappa shape index (κ1) is 12.1. The lowest BCUT2D eigenvalue weighted by Gasteiger charge is -2.11. The summed E-state index contributed by atoms with van der Waals surface area (Å²) in [5, 5.41) is 2.67. The van der Waals surface area contributed by atoms with Crippen LogP contribution in [0.25, 0.3) is 0 Å². The van der Waals surface area contributed by atoms with E-state index in [-0.39, 0.29) is 5.91 Å². The molecular weight excluding hydrogens is 204 g/mol. The van der Waals surface area contributed by atoms with Gasteiger partial charge >= 0.3 is 0 Å². The summed E-state index contributed by atoms with van der Waals surface area (Å²) >= 11 is 0. The molecule has 0 heterocycles. The van der Waals surface area contributed by atoms with Gasteiger partial charge in [0.1, 0.15) is 11.3 Å². The summed E-state index contributed by atoms with van der Waals surface area (Å²) in [5.41, 5.74) is 6.55. The Balaban J connectivity index is 2.99. The third kappa shape index (κ3) is 2.76. The molecule has 1 aromatic carbocycles. The maximum absolute atomic E-state index is 11.8. The molecule has 0 unspecified atom stereocenters. The van der Waals surface area contributed by atoms with Crippen LogP contribution in [0, 0.1) is 0 Å². The molecule has 86 valence electrons. The Morgan fingerprint density at radius 1 is 1.62 bits per heavy atom. The number of carbonyl (C=O) groups is 1. The zero-order chi connectivity index (χ0) is 12.0. The molecule has 0 aliphatic carbocycles. The number of hydrogen-bond donors (Lipinski definition) is 2.